The second kappa shape index (κ2) is 9.79. The molecule has 7 rings (SSSR count). The Bertz CT molecular complexity index is 1990. The van der Waals surface area contributed by atoms with Gasteiger partial charge in [0.25, 0.3) is 5.56 Å². The molecule has 0 amide bonds. The molecule has 5 aromatic rings. The van der Waals surface area contributed by atoms with Crippen molar-refractivity contribution in [2.75, 3.05) is 0 Å². The number of benzene rings is 3. The Labute approximate surface area is 246 Å². The van der Waals surface area contributed by atoms with E-state index in [1.54, 1.807) is 24.3 Å². The molecule has 3 heterocycles. The van der Waals surface area contributed by atoms with Crippen molar-refractivity contribution in [1.29, 1.82) is 0 Å². The smallest absolute Gasteiger partial charge is 0.271 e. The van der Waals surface area contributed by atoms with E-state index in [0.29, 0.717) is 36.5 Å². The third kappa shape index (κ3) is 4.36. The van der Waals surface area contributed by atoms with Crippen LogP contribution in [0, 0.1) is 0 Å². The second-order valence-electron chi connectivity index (χ2n) is 9.49. The molecule has 0 unspecified atom stereocenters. The number of furan rings is 1. The van der Waals surface area contributed by atoms with Gasteiger partial charge in [-0.25, -0.2) is 4.99 Å². The Balaban J connectivity index is 1.40. The summed E-state index contributed by atoms with van der Waals surface area (Å²) < 4.78 is 9.47. The van der Waals surface area contributed by atoms with Crippen LogP contribution in [0.15, 0.2) is 103 Å². The van der Waals surface area contributed by atoms with Crippen molar-refractivity contribution < 1.29 is 4.42 Å². The molecule has 1 atom stereocenters. The number of aromatic nitrogens is 1. The molecule has 0 saturated carbocycles. The van der Waals surface area contributed by atoms with Gasteiger partial charge in [-0.15, -0.1) is 0 Å². The van der Waals surface area contributed by atoms with Crippen molar-refractivity contribution in [3.05, 3.63) is 141 Å². The summed E-state index contributed by atoms with van der Waals surface area (Å²) in [5.74, 6) is 1.14. The number of thiazole rings is 1. The lowest BCUT2D eigenvalue weighted by Gasteiger charge is -2.30. The lowest BCUT2D eigenvalue weighted by Crippen LogP contribution is -2.38. The Kier molecular flexibility index (Phi) is 6.24. The Morgan fingerprint density at radius 3 is 2.64 bits per heavy atom. The van der Waals surface area contributed by atoms with Crippen LogP contribution in [0.1, 0.15) is 34.9 Å². The van der Waals surface area contributed by atoms with E-state index < -0.39 is 0 Å². The topological polar surface area (TPSA) is 47.5 Å². The van der Waals surface area contributed by atoms with Crippen LogP contribution in [-0.2, 0) is 6.42 Å². The molecule has 0 spiro atoms. The second-order valence-corrected chi connectivity index (χ2v) is 12.3. The highest BCUT2D eigenvalue weighted by atomic mass is 79.9. The van der Waals surface area contributed by atoms with E-state index in [9.17, 15) is 4.79 Å². The summed E-state index contributed by atoms with van der Waals surface area (Å²) in [6.07, 6.45) is 3.55. The van der Waals surface area contributed by atoms with Crippen LogP contribution in [0.3, 0.4) is 0 Å². The molecular formula is C31H19BrCl2N2O2S. The largest absolute Gasteiger partial charge is 0.457 e. The first-order chi connectivity index (χ1) is 19.0. The van der Waals surface area contributed by atoms with Crippen molar-refractivity contribution in [2.24, 2.45) is 4.99 Å². The number of halogens is 3. The molecule has 3 aromatic carbocycles. The van der Waals surface area contributed by atoms with Gasteiger partial charge in [0, 0.05) is 26.7 Å². The quantitative estimate of drug-likeness (QED) is 0.205. The SMILES string of the molecule is O=c1/c(=C\c2ccc(-c3cc(Cl)ccc3Cl)o2)sc2n1[C@H](c1ccc(Br)cc1)C1=C(N=2)c2ccccc2CC1. The van der Waals surface area contributed by atoms with Gasteiger partial charge in [0.05, 0.1) is 21.3 Å². The van der Waals surface area contributed by atoms with Gasteiger partial charge in [-0.05, 0) is 72.0 Å². The Morgan fingerprint density at radius 1 is 0.974 bits per heavy atom. The summed E-state index contributed by atoms with van der Waals surface area (Å²) in [6, 6.07) is 25.3. The number of rotatable bonds is 3. The van der Waals surface area contributed by atoms with Crippen molar-refractivity contribution in [2.45, 2.75) is 18.9 Å². The van der Waals surface area contributed by atoms with E-state index in [1.807, 2.05) is 28.8 Å². The van der Waals surface area contributed by atoms with Gasteiger partial charge in [-0.1, -0.05) is 86.9 Å². The van der Waals surface area contributed by atoms with E-state index in [-0.39, 0.29) is 11.6 Å². The van der Waals surface area contributed by atoms with Crippen LogP contribution in [0.4, 0.5) is 0 Å². The number of allylic oxidation sites excluding steroid dienone is 1. The molecule has 4 nitrogen and oxygen atoms in total. The highest BCUT2D eigenvalue weighted by Crippen LogP contribution is 2.41. The number of aryl methyl sites for hydroxylation is 1. The van der Waals surface area contributed by atoms with Gasteiger partial charge in [-0.3, -0.25) is 9.36 Å². The highest BCUT2D eigenvalue weighted by molar-refractivity contribution is 9.10. The van der Waals surface area contributed by atoms with Crippen molar-refractivity contribution >= 4 is 62.2 Å². The molecule has 1 aliphatic carbocycles. The summed E-state index contributed by atoms with van der Waals surface area (Å²) in [5.41, 5.74) is 6.26. The fourth-order valence-corrected chi connectivity index (χ4v) is 6.99. The van der Waals surface area contributed by atoms with Crippen LogP contribution in [-0.4, -0.2) is 4.57 Å². The molecule has 1 aliphatic heterocycles. The predicted molar refractivity (Wildman–Crippen MR) is 161 cm³/mol. The number of nitrogens with zero attached hydrogens (tertiary/aromatic N) is 2. The third-order valence-electron chi connectivity index (χ3n) is 7.15. The van der Waals surface area contributed by atoms with Crippen LogP contribution >= 0.6 is 50.5 Å². The summed E-state index contributed by atoms with van der Waals surface area (Å²) >= 11 is 17.5. The molecule has 2 aromatic heterocycles. The van der Waals surface area contributed by atoms with E-state index in [4.69, 9.17) is 32.6 Å². The highest BCUT2D eigenvalue weighted by Gasteiger charge is 2.32. The number of fused-ring (bicyclic) bond motifs is 3. The summed E-state index contributed by atoms with van der Waals surface area (Å²) in [6.45, 7) is 0. The minimum atomic E-state index is -0.225. The first-order valence-corrected chi connectivity index (χ1v) is 14.8. The van der Waals surface area contributed by atoms with E-state index in [0.717, 1.165) is 34.1 Å². The maximum atomic E-state index is 13.9. The number of hydrogen-bond donors (Lipinski definition) is 0. The fraction of sp³-hybridized carbons (Fsp3) is 0.0968. The maximum Gasteiger partial charge on any atom is 0.271 e. The van der Waals surface area contributed by atoms with Gasteiger partial charge >= 0.3 is 0 Å². The molecule has 192 valence electrons. The Morgan fingerprint density at radius 2 is 1.79 bits per heavy atom. The zero-order valence-electron chi connectivity index (χ0n) is 20.3. The first-order valence-electron chi connectivity index (χ1n) is 12.4. The monoisotopic (exact) mass is 632 g/mol. The van der Waals surface area contributed by atoms with Crippen molar-refractivity contribution in [3.63, 3.8) is 0 Å². The Hall–Kier alpha value is -3.16. The summed E-state index contributed by atoms with van der Waals surface area (Å²) in [7, 11) is 0. The lowest BCUT2D eigenvalue weighted by molar-refractivity contribution is 0.570. The van der Waals surface area contributed by atoms with Crippen LogP contribution in [0.2, 0.25) is 10.0 Å². The summed E-state index contributed by atoms with van der Waals surface area (Å²) in [4.78, 5) is 19.7. The molecule has 0 N–H and O–H groups in total. The van der Waals surface area contributed by atoms with E-state index in [2.05, 4.69) is 52.3 Å². The van der Waals surface area contributed by atoms with Gasteiger partial charge < -0.3 is 4.42 Å². The average molecular weight is 634 g/mol. The third-order valence-corrected chi connectivity index (χ3v) is 9.23. The summed E-state index contributed by atoms with van der Waals surface area (Å²) in [5, 5.41) is 1.11. The van der Waals surface area contributed by atoms with Crippen LogP contribution in [0.5, 0.6) is 0 Å². The minimum absolute atomic E-state index is 0.0872. The number of hydrogen-bond acceptors (Lipinski definition) is 4. The lowest BCUT2D eigenvalue weighted by atomic mass is 9.83. The molecule has 0 fully saturated rings. The molecule has 0 saturated heterocycles. The van der Waals surface area contributed by atoms with Crippen molar-refractivity contribution in [1.82, 2.24) is 4.57 Å². The van der Waals surface area contributed by atoms with Gasteiger partial charge in [0.1, 0.15) is 11.5 Å². The van der Waals surface area contributed by atoms with E-state index >= 15 is 0 Å². The minimum Gasteiger partial charge on any atom is -0.457 e. The predicted octanol–water partition coefficient (Wildman–Crippen LogP) is 7.65. The van der Waals surface area contributed by atoms with Gasteiger partial charge in [0.2, 0.25) is 0 Å². The molecule has 0 bridgehead atoms. The maximum absolute atomic E-state index is 13.9. The molecule has 0 radical (unpaired) electrons. The first kappa shape index (κ1) is 24.9. The van der Waals surface area contributed by atoms with Crippen molar-refractivity contribution in [3.8, 4) is 11.3 Å². The van der Waals surface area contributed by atoms with Crippen LogP contribution < -0.4 is 14.9 Å². The molecule has 39 heavy (non-hydrogen) atoms. The average Bonchev–Trinajstić information content (AvgIpc) is 3.53. The van der Waals surface area contributed by atoms with Crippen LogP contribution in [0.25, 0.3) is 23.1 Å². The fourth-order valence-electron chi connectivity index (χ4n) is 5.36. The zero-order chi connectivity index (χ0) is 26.7. The zero-order valence-corrected chi connectivity index (χ0v) is 24.2. The van der Waals surface area contributed by atoms with E-state index in [1.165, 1.54) is 22.5 Å². The normalized spacial score (nSPS) is 16.5. The molecule has 2 aliphatic rings. The standard InChI is InChI=1S/C31H19BrCl2N2O2S/c32-19-8-5-18(6-9-19)29-23-12-7-17-3-1-2-4-22(17)28(23)35-31-36(29)30(37)27(39-31)16-21-11-14-26(38-21)24-15-20(33)10-13-25(24)34/h1-6,8-11,13-16,29H,7,12H2/b27-16+/t29-/m1/s1. The van der Waals surface area contributed by atoms with Gasteiger partial charge in [-0.2, -0.15) is 0 Å². The molecule has 8 heteroatoms. The molecular weight excluding hydrogens is 615 g/mol. The van der Waals surface area contributed by atoms with Gasteiger partial charge in [0.15, 0.2) is 4.80 Å².